The molecular weight excluding hydrogens is 292 g/mol. The number of benzene rings is 1. The largest absolute Gasteiger partial charge is 0.462 e. The van der Waals surface area contributed by atoms with E-state index in [1.54, 1.807) is 0 Å². The average molecular weight is 316 g/mol. The number of rotatable bonds is 4. The molecule has 0 bridgehead atoms. The highest BCUT2D eigenvalue weighted by Gasteiger charge is 2.34. The zero-order valence-electron chi connectivity index (χ0n) is 13.3. The van der Waals surface area contributed by atoms with Gasteiger partial charge >= 0.3 is 5.97 Å². The van der Waals surface area contributed by atoms with E-state index in [4.69, 9.17) is 4.74 Å². The van der Waals surface area contributed by atoms with Crippen LogP contribution in [0.2, 0.25) is 0 Å². The van der Waals surface area contributed by atoms with Crippen molar-refractivity contribution in [3.63, 3.8) is 0 Å². The maximum Gasteiger partial charge on any atom is 0.323 e. The lowest BCUT2D eigenvalue weighted by Crippen LogP contribution is -2.59. The fourth-order valence-corrected chi connectivity index (χ4v) is 3.32. The van der Waals surface area contributed by atoms with Crippen molar-refractivity contribution in [2.24, 2.45) is 0 Å². The molecule has 0 spiro atoms. The van der Waals surface area contributed by atoms with Crippen LogP contribution < -0.4 is 10.6 Å². The number of esters is 1. The molecule has 5 heteroatoms. The van der Waals surface area contributed by atoms with Gasteiger partial charge in [-0.1, -0.05) is 49.6 Å². The van der Waals surface area contributed by atoms with Crippen molar-refractivity contribution in [3.05, 3.63) is 35.9 Å². The summed E-state index contributed by atoms with van der Waals surface area (Å²) >= 11 is 0. The molecule has 2 aliphatic rings. The Morgan fingerprint density at radius 1 is 1.17 bits per heavy atom. The Hall–Kier alpha value is -1.88. The highest BCUT2D eigenvalue weighted by molar-refractivity contribution is 5.86. The molecule has 1 amide bonds. The molecule has 1 aliphatic carbocycles. The van der Waals surface area contributed by atoms with Crippen molar-refractivity contribution in [1.29, 1.82) is 0 Å². The molecule has 23 heavy (non-hydrogen) atoms. The molecule has 2 fully saturated rings. The molecule has 2 atom stereocenters. The Bertz CT molecular complexity index is 540. The SMILES string of the molecule is O=C(NC1CCCCC1)C1COC(=O)[C@H](Cc2ccccc2)N1. The summed E-state index contributed by atoms with van der Waals surface area (Å²) in [6.07, 6.45) is 6.23. The number of carbonyl (C=O) groups is 2. The molecule has 5 nitrogen and oxygen atoms in total. The van der Waals surface area contributed by atoms with E-state index in [0.29, 0.717) is 6.42 Å². The second-order valence-corrected chi connectivity index (χ2v) is 6.44. The fourth-order valence-electron chi connectivity index (χ4n) is 3.32. The Morgan fingerprint density at radius 3 is 2.65 bits per heavy atom. The molecule has 1 aromatic carbocycles. The van der Waals surface area contributed by atoms with Crippen LogP contribution in [0.25, 0.3) is 0 Å². The minimum atomic E-state index is -0.465. The molecule has 3 rings (SSSR count). The smallest absolute Gasteiger partial charge is 0.323 e. The lowest BCUT2D eigenvalue weighted by atomic mass is 9.95. The number of amides is 1. The van der Waals surface area contributed by atoms with Crippen LogP contribution in [0.5, 0.6) is 0 Å². The van der Waals surface area contributed by atoms with E-state index in [2.05, 4.69) is 10.6 Å². The predicted molar refractivity (Wildman–Crippen MR) is 86.8 cm³/mol. The quantitative estimate of drug-likeness (QED) is 0.827. The van der Waals surface area contributed by atoms with Gasteiger partial charge in [-0.3, -0.25) is 14.9 Å². The molecule has 124 valence electrons. The van der Waals surface area contributed by atoms with Crippen molar-refractivity contribution in [1.82, 2.24) is 10.6 Å². The Kier molecular flexibility index (Phi) is 5.28. The minimum absolute atomic E-state index is 0.0533. The average Bonchev–Trinajstić information content (AvgIpc) is 2.58. The first kappa shape index (κ1) is 16.0. The Labute approximate surface area is 136 Å². The molecule has 1 aromatic rings. The molecule has 1 saturated heterocycles. The van der Waals surface area contributed by atoms with Gasteiger partial charge in [-0.05, 0) is 24.8 Å². The van der Waals surface area contributed by atoms with Crippen LogP contribution in [0, 0.1) is 0 Å². The summed E-state index contributed by atoms with van der Waals surface area (Å²) in [6, 6.07) is 9.12. The predicted octanol–water partition coefficient (Wildman–Crippen LogP) is 1.56. The Balaban J connectivity index is 1.56. The van der Waals surface area contributed by atoms with Gasteiger partial charge in [0.2, 0.25) is 5.91 Å². The molecule has 1 unspecified atom stereocenters. The molecule has 0 aromatic heterocycles. The first-order chi connectivity index (χ1) is 11.2. The van der Waals surface area contributed by atoms with E-state index in [1.807, 2.05) is 30.3 Å². The van der Waals surface area contributed by atoms with E-state index in [1.165, 1.54) is 19.3 Å². The zero-order chi connectivity index (χ0) is 16.1. The molecule has 1 aliphatic heterocycles. The van der Waals surface area contributed by atoms with Gasteiger partial charge in [-0.2, -0.15) is 0 Å². The second-order valence-electron chi connectivity index (χ2n) is 6.44. The van der Waals surface area contributed by atoms with Gasteiger partial charge in [0.1, 0.15) is 18.7 Å². The molecule has 1 heterocycles. The van der Waals surface area contributed by atoms with Crippen LogP contribution >= 0.6 is 0 Å². The van der Waals surface area contributed by atoms with Crippen LogP contribution in [0.4, 0.5) is 0 Å². The molecule has 0 radical (unpaired) electrons. The number of ether oxygens (including phenoxy) is 1. The van der Waals surface area contributed by atoms with Crippen molar-refractivity contribution < 1.29 is 14.3 Å². The first-order valence-electron chi connectivity index (χ1n) is 8.49. The molecule has 1 saturated carbocycles. The number of nitrogens with one attached hydrogen (secondary N) is 2. The third-order valence-electron chi connectivity index (χ3n) is 4.63. The summed E-state index contributed by atoms with van der Waals surface area (Å²) in [7, 11) is 0. The van der Waals surface area contributed by atoms with Crippen LogP contribution in [0.15, 0.2) is 30.3 Å². The van der Waals surface area contributed by atoms with E-state index >= 15 is 0 Å². The van der Waals surface area contributed by atoms with Crippen LogP contribution in [-0.2, 0) is 20.7 Å². The molecular formula is C18H24N2O3. The summed E-state index contributed by atoms with van der Waals surface area (Å²) < 4.78 is 5.22. The maximum atomic E-state index is 12.4. The number of hydrogen-bond acceptors (Lipinski definition) is 4. The van der Waals surface area contributed by atoms with Crippen LogP contribution in [0.1, 0.15) is 37.7 Å². The number of morpholine rings is 1. The van der Waals surface area contributed by atoms with E-state index in [-0.39, 0.29) is 24.5 Å². The summed E-state index contributed by atoms with van der Waals surface area (Å²) in [5, 5.41) is 6.25. The van der Waals surface area contributed by atoms with E-state index in [0.717, 1.165) is 18.4 Å². The third-order valence-corrected chi connectivity index (χ3v) is 4.63. The van der Waals surface area contributed by atoms with Crippen molar-refractivity contribution >= 4 is 11.9 Å². The highest BCUT2D eigenvalue weighted by Crippen LogP contribution is 2.18. The zero-order valence-corrected chi connectivity index (χ0v) is 13.3. The van der Waals surface area contributed by atoms with E-state index in [9.17, 15) is 9.59 Å². The second kappa shape index (κ2) is 7.59. The summed E-state index contributed by atoms with van der Waals surface area (Å²) in [5.74, 6) is -0.335. The van der Waals surface area contributed by atoms with Gasteiger partial charge in [0, 0.05) is 6.04 Å². The Morgan fingerprint density at radius 2 is 1.91 bits per heavy atom. The number of cyclic esters (lactones) is 1. The van der Waals surface area contributed by atoms with Gasteiger partial charge in [0.25, 0.3) is 0 Å². The van der Waals surface area contributed by atoms with Crippen molar-refractivity contribution in [2.75, 3.05) is 6.61 Å². The van der Waals surface area contributed by atoms with Gasteiger partial charge in [0.15, 0.2) is 0 Å². The van der Waals surface area contributed by atoms with Crippen molar-refractivity contribution in [3.8, 4) is 0 Å². The topological polar surface area (TPSA) is 67.4 Å². The normalized spacial score (nSPS) is 25.7. The van der Waals surface area contributed by atoms with Gasteiger partial charge in [-0.25, -0.2) is 0 Å². The summed E-state index contributed by atoms with van der Waals surface area (Å²) in [5.41, 5.74) is 1.05. The lowest BCUT2D eigenvalue weighted by molar-refractivity contribution is -0.153. The summed E-state index contributed by atoms with van der Waals surface area (Å²) in [6.45, 7) is 0.114. The van der Waals surface area contributed by atoms with Gasteiger partial charge < -0.3 is 10.1 Å². The highest BCUT2D eigenvalue weighted by atomic mass is 16.5. The molecule has 2 N–H and O–H groups in total. The van der Waals surface area contributed by atoms with E-state index < -0.39 is 12.1 Å². The van der Waals surface area contributed by atoms with Crippen LogP contribution in [-0.4, -0.2) is 36.6 Å². The number of hydrogen-bond donors (Lipinski definition) is 2. The van der Waals surface area contributed by atoms with Crippen molar-refractivity contribution in [2.45, 2.75) is 56.7 Å². The first-order valence-corrected chi connectivity index (χ1v) is 8.49. The third kappa shape index (κ3) is 4.32. The lowest BCUT2D eigenvalue weighted by Gasteiger charge is -2.31. The maximum absolute atomic E-state index is 12.4. The minimum Gasteiger partial charge on any atom is -0.462 e. The standard InChI is InChI=1S/C18H24N2O3/c21-17(19-14-9-5-2-6-10-14)16-12-23-18(22)15(20-16)11-13-7-3-1-4-8-13/h1,3-4,7-8,14-16,20H,2,5-6,9-12H2,(H,19,21)/t15-,16?/m0/s1. The summed E-state index contributed by atoms with van der Waals surface area (Å²) in [4.78, 5) is 24.3. The van der Waals surface area contributed by atoms with Gasteiger partial charge in [-0.15, -0.1) is 0 Å². The number of carbonyl (C=O) groups excluding carboxylic acids is 2. The monoisotopic (exact) mass is 316 g/mol. The fraction of sp³-hybridized carbons (Fsp3) is 0.556. The van der Waals surface area contributed by atoms with Gasteiger partial charge in [0.05, 0.1) is 0 Å². The van der Waals surface area contributed by atoms with Crippen LogP contribution in [0.3, 0.4) is 0 Å².